The fourth-order valence-corrected chi connectivity index (χ4v) is 3.74. The van der Waals surface area contributed by atoms with Gasteiger partial charge >= 0.3 is 0 Å². The third kappa shape index (κ3) is 5.67. The maximum absolute atomic E-state index is 6.16. The van der Waals surface area contributed by atoms with Crippen molar-refractivity contribution in [1.29, 1.82) is 0 Å². The first-order chi connectivity index (χ1) is 14.0. The van der Waals surface area contributed by atoms with E-state index in [1.54, 1.807) is 13.2 Å². The molecule has 0 saturated carbocycles. The summed E-state index contributed by atoms with van der Waals surface area (Å²) in [6.07, 6.45) is 0. The van der Waals surface area contributed by atoms with Crippen LogP contribution in [0.4, 0.5) is 0 Å². The summed E-state index contributed by atoms with van der Waals surface area (Å²) in [7, 11) is 1.64. The molecule has 3 rings (SSSR count). The van der Waals surface area contributed by atoms with Crippen molar-refractivity contribution in [3.8, 4) is 11.5 Å². The highest BCUT2D eigenvalue weighted by atomic mass is 79.9. The predicted molar refractivity (Wildman–Crippen MR) is 123 cm³/mol. The summed E-state index contributed by atoms with van der Waals surface area (Å²) in [5, 5.41) is 4.59. The minimum absolute atomic E-state index is 0.192. The van der Waals surface area contributed by atoms with Crippen LogP contribution in [0.3, 0.4) is 0 Å². The molecule has 0 amide bonds. The number of hydrogen-bond acceptors (Lipinski definition) is 3. The summed E-state index contributed by atoms with van der Waals surface area (Å²) < 4.78 is 12.7. The Bertz CT molecular complexity index is 967. The van der Waals surface area contributed by atoms with E-state index < -0.39 is 0 Å². The number of nitrogens with one attached hydrogen (secondary N) is 1. The average molecular weight is 495 g/mol. The van der Waals surface area contributed by atoms with E-state index in [0.717, 1.165) is 15.6 Å². The highest BCUT2D eigenvalue weighted by Crippen LogP contribution is 2.37. The van der Waals surface area contributed by atoms with Gasteiger partial charge in [-0.15, -0.1) is 0 Å². The SMILES string of the molecule is COc1ccc(Br)c(CNC(C)c2ccccc2)c1OCc1ccc(Cl)c(Cl)c1. The van der Waals surface area contributed by atoms with E-state index in [4.69, 9.17) is 32.7 Å². The zero-order valence-corrected chi connectivity index (χ0v) is 19.3. The van der Waals surface area contributed by atoms with Crippen LogP contribution in [0.5, 0.6) is 11.5 Å². The molecule has 29 heavy (non-hydrogen) atoms. The lowest BCUT2D eigenvalue weighted by Crippen LogP contribution is -2.19. The van der Waals surface area contributed by atoms with E-state index in [0.29, 0.717) is 34.7 Å². The van der Waals surface area contributed by atoms with Crippen LogP contribution in [0, 0.1) is 0 Å². The van der Waals surface area contributed by atoms with Crippen molar-refractivity contribution >= 4 is 39.1 Å². The molecule has 0 fully saturated rings. The van der Waals surface area contributed by atoms with Gasteiger partial charge in [-0.2, -0.15) is 0 Å². The fourth-order valence-electron chi connectivity index (χ4n) is 2.97. The number of rotatable bonds is 8. The summed E-state index contributed by atoms with van der Waals surface area (Å²) in [6, 6.07) is 19.8. The number of methoxy groups -OCH3 is 1. The third-order valence-corrected chi connectivity index (χ3v) is 6.12. The van der Waals surface area contributed by atoms with Crippen molar-refractivity contribution in [2.45, 2.75) is 26.1 Å². The normalized spacial score (nSPS) is 11.9. The molecule has 0 aliphatic rings. The van der Waals surface area contributed by atoms with Gasteiger partial charge in [0, 0.05) is 22.6 Å². The number of hydrogen-bond donors (Lipinski definition) is 1. The van der Waals surface area contributed by atoms with Gasteiger partial charge < -0.3 is 14.8 Å². The molecule has 0 aromatic heterocycles. The van der Waals surface area contributed by atoms with Gasteiger partial charge in [0.2, 0.25) is 0 Å². The minimum Gasteiger partial charge on any atom is -0.493 e. The molecular weight excluding hydrogens is 473 g/mol. The van der Waals surface area contributed by atoms with Gasteiger partial charge in [-0.25, -0.2) is 0 Å². The van der Waals surface area contributed by atoms with Crippen molar-refractivity contribution in [1.82, 2.24) is 5.32 Å². The van der Waals surface area contributed by atoms with Crippen LogP contribution in [-0.4, -0.2) is 7.11 Å². The van der Waals surface area contributed by atoms with Crippen molar-refractivity contribution in [2.24, 2.45) is 0 Å². The molecule has 3 nitrogen and oxygen atoms in total. The summed E-state index contributed by atoms with van der Waals surface area (Å²) in [4.78, 5) is 0. The smallest absolute Gasteiger partial charge is 0.167 e. The predicted octanol–water partition coefficient (Wildman–Crippen LogP) is 7.19. The molecule has 1 unspecified atom stereocenters. The number of halogens is 3. The lowest BCUT2D eigenvalue weighted by Gasteiger charge is -2.20. The van der Waals surface area contributed by atoms with Crippen molar-refractivity contribution in [2.75, 3.05) is 7.11 Å². The Morgan fingerprint density at radius 2 is 1.76 bits per heavy atom. The van der Waals surface area contributed by atoms with E-state index >= 15 is 0 Å². The molecule has 0 radical (unpaired) electrons. The zero-order chi connectivity index (χ0) is 20.8. The molecule has 1 atom stereocenters. The molecule has 152 valence electrons. The molecule has 0 aliphatic carbocycles. The lowest BCUT2D eigenvalue weighted by atomic mass is 10.1. The lowest BCUT2D eigenvalue weighted by molar-refractivity contribution is 0.280. The second kappa shape index (κ2) is 10.4. The number of ether oxygens (including phenoxy) is 2. The van der Waals surface area contributed by atoms with Crippen molar-refractivity contribution in [3.05, 3.63) is 91.9 Å². The standard InChI is InChI=1S/C23H22BrCl2NO2/c1-15(17-6-4-3-5-7-17)27-13-18-19(24)9-11-22(28-2)23(18)29-14-16-8-10-20(25)21(26)12-16/h3-12,15,27H,13-14H2,1-2H3. The van der Waals surface area contributed by atoms with Gasteiger partial charge in [0.15, 0.2) is 11.5 Å². The maximum Gasteiger partial charge on any atom is 0.167 e. The Kier molecular flexibility index (Phi) is 7.84. The molecule has 0 aliphatic heterocycles. The topological polar surface area (TPSA) is 30.5 Å². The van der Waals surface area contributed by atoms with E-state index in [1.165, 1.54) is 5.56 Å². The number of benzene rings is 3. The van der Waals surface area contributed by atoms with Crippen molar-refractivity contribution < 1.29 is 9.47 Å². The van der Waals surface area contributed by atoms with Crippen LogP contribution in [0.1, 0.15) is 29.7 Å². The summed E-state index contributed by atoms with van der Waals surface area (Å²) >= 11 is 15.8. The molecule has 0 saturated heterocycles. The monoisotopic (exact) mass is 493 g/mol. The first-order valence-electron chi connectivity index (χ1n) is 9.20. The summed E-state index contributed by atoms with van der Waals surface area (Å²) in [5.41, 5.74) is 3.15. The van der Waals surface area contributed by atoms with Gasteiger partial charge in [0.05, 0.1) is 17.2 Å². The van der Waals surface area contributed by atoms with Gasteiger partial charge in [-0.1, -0.05) is 75.5 Å². The Morgan fingerprint density at radius 1 is 1.00 bits per heavy atom. The van der Waals surface area contributed by atoms with Crippen LogP contribution in [0.25, 0.3) is 0 Å². The molecule has 3 aromatic rings. The third-order valence-electron chi connectivity index (χ3n) is 4.64. The van der Waals surface area contributed by atoms with Crippen LogP contribution in [0.2, 0.25) is 10.0 Å². The van der Waals surface area contributed by atoms with Crippen LogP contribution >= 0.6 is 39.1 Å². The first-order valence-corrected chi connectivity index (χ1v) is 10.7. The van der Waals surface area contributed by atoms with Gasteiger partial charge in [0.1, 0.15) is 6.61 Å². The fraction of sp³-hybridized carbons (Fsp3) is 0.217. The molecule has 6 heteroatoms. The van der Waals surface area contributed by atoms with E-state index in [9.17, 15) is 0 Å². The molecule has 0 bridgehead atoms. The van der Waals surface area contributed by atoms with Crippen LogP contribution < -0.4 is 14.8 Å². The zero-order valence-electron chi connectivity index (χ0n) is 16.2. The Morgan fingerprint density at radius 3 is 2.45 bits per heavy atom. The minimum atomic E-state index is 0.192. The Hall–Kier alpha value is -1.72. The summed E-state index contributed by atoms with van der Waals surface area (Å²) in [5.74, 6) is 1.37. The van der Waals surface area contributed by atoms with Crippen molar-refractivity contribution in [3.63, 3.8) is 0 Å². The highest BCUT2D eigenvalue weighted by Gasteiger charge is 2.16. The second-order valence-corrected chi connectivity index (χ2v) is 8.28. The van der Waals surface area contributed by atoms with Crippen LogP contribution in [-0.2, 0) is 13.2 Å². The molecule has 1 N–H and O–H groups in total. The molecule has 0 spiro atoms. The van der Waals surface area contributed by atoms with E-state index in [2.05, 4.69) is 40.3 Å². The molecule has 3 aromatic carbocycles. The van der Waals surface area contributed by atoms with Gasteiger partial charge in [0.25, 0.3) is 0 Å². The Balaban J connectivity index is 1.79. The molecular formula is C23H22BrCl2NO2. The van der Waals surface area contributed by atoms with E-state index in [-0.39, 0.29) is 6.04 Å². The van der Waals surface area contributed by atoms with E-state index in [1.807, 2.05) is 42.5 Å². The highest BCUT2D eigenvalue weighted by molar-refractivity contribution is 9.10. The first kappa shape index (κ1) is 22.0. The maximum atomic E-state index is 6.16. The quantitative estimate of drug-likeness (QED) is 0.359. The second-order valence-electron chi connectivity index (χ2n) is 6.61. The van der Waals surface area contributed by atoms with Gasteiger partial charge in [-0.05, 0) is 42.3 Å². The molecule has 0 heterocycles. The Labute approximate surface area is 190 Å². The van der Waals surface area contributed by atoms with Gasteiger partial charge in [-0.3, -0.25) is 0 Å². The average Bonchev–Trinajstić information content (AvgIpc) is 2.74. The van der Waals surface area contributed by atoms with Crippen LogP contribution in [0.15, 0.2) is 65.1 Å². The summed E-state index contributed by atoms with van der Waals surface area (Å²) in [6.45, 7) is 3.11. The largest absolute Gasteiger partial charge is 0.493 e.